The van der Waals surface area contributed by atoms with E-state index >= 15 is 0 Å². The van der Waals surface area contributed by atoms with Crippen molar-refractivity contribution in [3.8, 4) is 17.2 Å². The zero-order chi connectivity index (χ0) is 15.8. The van der Waals surface area contributed by atoms with E-state index in [2.05, 4.69) is 5.32 Å². The van der Waals surface area contributed by atoms with Crippen LogP contribution in [-0.2, 0) is 4.79 Å². The first kappa shape index (κ1) is 13.9. The van der Waals surface area contributed by atoms with Crippen LogP contribution in [0.5, 0.6) is 17.2 Å². The summed E-state index contributed by atoms with van der Waals surface area (Å²) in [5.41, 5.74) is 2.89. The number of rotatable bonds is 2. The summed E-state index contributed by atoms with van der Waals surface area (Å²) in [6.07, 6.45) is 0.403. The predicted molar refractivity (Wildman–Crippen MR) is 85.5 cm³/mol. The molecule has 118 valence electrons. The minimum Gasteiger partial charge on any atom is -0.497 e. The van der Waals surface area contributed by atoms with Crippen LogP contribution in [0, 0.1) is 0 Å². The predicted octanol–water partition coefficient (Wildman–Crippen LogP) is 2.94. The molecule has 0 aliphatic carbocycles. The van der Waals surface area contributed by atoms with Gasteiger partial charge < -0.3 is 19.5 Å². The van der Waals surface area contributed by atoms with Crippen molar-refractivity contribution in [3.05, 3.63) is 47.5 Å². The van der Waals surface area contributed by atoms with E-state index in [1.54, 1.807) is 7.11 Å². The smallest absolute Gasteiger partial charge is 0.225 e. The summed E-state index contributed by atoms with van der Waals surface area (Å²) in [6, 6.07) is 11.7. The van der Waals surface area contributed by atoms with Gasteiger partial charge in [-0.3, -0.25) is 4.79 Å². The van der Waals surface area contributed by atoms with Gasteiger partial charge in [-0.2, -0.15) is 0 Å². The van der Waals surface area contributed by atoms with Crippen molar-refractivity contribution in [1.82, 2.24) is 0 Å². The molecular formula is C18H17NO4. The minimum absolute atomic E-state index is 0.00185. The lowest BCUT2D eigenvalue weighted by atomic mass is 9.84. The second kappa shape index (κ2) is 5.50. The highest BCUT2D eigenvalue weighted by Crippen LogP contribution is 2.44. The monoisotopic (exact) mass is 311 g/mol. The number of nitrogens with one attached hydrogen (secondary N) is 1. The molecule has 1 N–H and O–H groups in total. The number of amides is 1. The van der Waals surface area contributed by atoms with Gasteiger partial charge in [0.15, 0.2) is 11.5 Å². The van der Waals surface area contributed by atoms with Gasteiger partial charge in [0, 0.05) is 24.1 Å². The summed E-state index contributed by atoms with van der Waals surface area (Å²) in [7, 11) is 1.64. The fourth-order valence-corrected chi connectivity index (χ4v) is 3.15. The van der Waals surface area contributed by atoms with Gasteiger partial charge in [0.1, 0.15) is 19.0 Å². The molecule has 5 heteroatoms. The van der Waals surface area contributed by atoms with Gasteiger partial charge in [-0.05, 0) is 29.3 Å². The number of hydrogen-bond acceptors (Lipinski definition) is 4. The van der Waals surface area contributed by atoms with Gasteiger partial charge in [0.25, 0.3) is 0 Å². The largest absolute Gasteiger partial charge is 0.497 e. The Kier molecular flexibility index (Phi) is 3.33. The Morgan fingerprint density at radius 2 is 1.91 bits per heavy atom. The molecule has 0 aromatic heterocycles. The third-order valence-electron chi connectivity index (χ3n) is 4.25. The van der Waals surface area contributed by atoms with Gasteiger partial charge in [-0.15, -0.1) is 0 Å². The number of ether oxygens (including phenoxy) is 3. The second-order valence-corrected chi connectivity index (χ2v) is 5.66. The van der Waals surface area contributed by atoms with Crippen molar-refractivity contribution < 1.29 is 19.0 Å². The van der Waals surface area contributed by atoms with E-state index in [1.807, 2.05) is 36.4 Å². The molecule has 0 saturated carbocycles. The standard InChI is InChI=1S/C18H17NO4/c1-21-12-4-2-3-11(7-12)13-9-18(20)19-15-10-17-16(8-14(13)15)22-5-6-23-17/h2-4,7-8,10,13H,5-6,9H2,1H3,(H,19,20). The van der Waals surface area contributed by atoms with E-state index in [-0.39, 0.29) is 11.8 Å². The highest BCUT2D eigenvalue weighted by molar-refractivity contribution is 5.96. The van der Waals surface area contributed by atoms with Crippen LogP contribution < -0.4 is 19.5 Å². The average Bonchev–Trinajstić information content (AvgIpc) is 2.59. The van der Waals surface area contributed by atoms with Crippen molar-refractivity contribution in [2.24, 2.45) is 0 Å². The Bertz CT molecular complexity index is 772. The molecule has 0 fully saturated rings. The fraction of sp³-hybridized carbons (Fsp3) is 0.278. The van der Waals surface area contributed by atoms with Gasteiger partial charge in [-0.1, -0.05) is 12.1 Å². The summed E-state index contributed by atoms with van der Waals surface area (Å²) in [4.78, 5) is 12.1. The van der Waals surface area contributed by atoms with Crippen LogP contribution in [0.15, 0.2) is 36.4 Å². The highest BCUT2D eigenvalue weighted by atomic mass is 16.6. The van der Waals surface area contributed by atoms with Crippen LogP contribution >= 0.6 is 0 Å². The van der Waals surface area contributed by atoms with Gasteiger partial charge in [0.2, 0.25) is 5.91 Å². The van der Waals surface area contributed by atoms with Crippen LogP contribution in [0.4, 0.5) is 5.69 Å². The molecule has 0 spiro atoms. The van der Waals surface area contributed by atoms with Gasteiger partial charge in [0.05, 0.1) is 7.11 Å². The zero-order valence-electron chi connectivity index (χ0n) is 12.8. The summed E-state index contributed by atoms with van der Waals surface area (Å²) < 4.78 is 16.6. The van der Waals surface area contributed by atoms with Crippen LogP contribution in [0.2, 0.25) is 0 Å². The highest BCUT2D eigenvalue weighted by Gasteiger charge is 2.29. The first-order valence-corrected chi connectivity index (χ1v) is 7.62. The fourth-order valence-electron chi connectivity index (χ4n) is 3.15. The lowest BCUT2D eigenvalue weighted by Gasteiger charge is -2.29. The molecule has 2 aromatic rings. The number of anilines is 1. The van der Waals surface area contributed by atoms with Crippen LogP contribution in [0.25, 0.3) is 0 Å². The van der Waals surface area contributed by atoms with E-state index in [9.17, 15) is 4.79 Å². The van der Waals surface area contributed by atoms with E-state index in [4.69, 9.17) is 14.2 Å². The maximum absolute atomic E-state index is 12.1. The van der Waals surface area contributed by atoms with E-state index in [0.717, 1.165) is 28.3 Å². The van der Waals surface area contributed by atoms with Crippen molar-refractivity contribution in [2.45, 2.75) is 12.3 Å². The summed E-state index contributed by atoms with van der Waals surface area (Å²) in [5, 5.41) is 2.93. The molecule has 1 amide bonds. The number of carbonyl (C=O) groups is 1. The molecule has 0 bridgehead atoms. The minimum atomic E-state index is -0.0234. The van der Waals surface area contributed by atoms with Crippen LogP contribution in [0.1, 0.15) is 23.5 Å². The Morgan fingerprint density at radius 3 is 2.70 bits per heavy atom. The molecule has 5 nitrogen and oxygen atoms in total. The Morgan fingerprint density at radius 1 is 1.13 bits per heavy atom. The molecular weight excluding hydrogens is 294 g/mol. The lowest BCUT2D eigenvalue weighted by molar-refractivity contribution is -0.116. The normalized spacial score (nSPS) is 18.8. The summed E-state index contributed by atoms with van der Waals surface area (Å²) in [5.74, 6) is 2.18. The van der Waals surface area contributed by atoms with Gasteiger partial charge >= 0.3 is 0 Å². The molecule has 2 heterocycles. The molecule has 0 radical (unpaired) electrons. The summed E-state index contributed by atoms with van der Waals surface area (Å²) >= 11 is 0. The molecule has 1 atom stereocenters. The molecule has 4 rings (SSSR count). The molecule has 2 aliphatic heterocycles. The molecule has 2 aromatic carbocycles. The maximum atomic E-state index is 12.1. The zero-order valence-corrected chi connectivity index (χ0v) is 12.8. The van der Waals surface area contributed by atoms with E-state index < -0.39 is 0 Å². The summed E-state index contributed by atoms with van der Waals surface area (Å²) in [6.45, 7) is 1.07. The van der Waals surface area contributed by atoms with E-state index in [1.165, 1.54) is 0 Å². The Labute approximate surface area is 134 Å². The van der Waals surface area contributed by atoms with E-state index in [0.29, 0.717) is 25.4 Å². The van der Waals surface area contributed by atoms with Crippen LogP contribution in [-0.4, -0.2) is 26.2 Å². The van der Waals surface area contributed by atoms with Crippen molar-refractivity contribution in [2.75, 3.05) is 25.6 Å². The molecule has 23 heavy (non-hydrogen) atoms. The van der Waals surface area contributed by atoms with Crippen molar-refractivity contribution >= 4 is 11.6 Å². The topological polar surface area (TPSA) is 56.8 Å². The van der Waals surface area contributed by atoms with Gasteiger partial charge in [-0.25, -0.2) is 0 Å². The van der Waals surface area contributed by atoms with Crippen molar-refractivity contribution in [3.63, 3.8) is 0 Å². The SMILES string of the molecule is COc1cccc(C2CC(=O)Nc3cc4c(cc32)OCCO4)c1. The first-order chi connectivity index (χ1) is 11.2. The molecule has 2 aliphatic rings. The number of benzene rings is 2. The maximum Gasteiger partial charge on any atom is 0.225 e. The van der Waals surface area contributed by atoms with Crippen LogP contribution in [0.3, 0.4) is 0 Å². The first-order valence-electron chi connectivity index (χ1n) is 7.62. The third kappa shape index (κ3) is 2.48. The third-order valence-corrected chi connectivity index (χ3v) is 4.25. The molecule has 1 unspecified atom stereocenters. The number of methoxy groups -OCH3 is 1. The number of hydrogen-bond donors (Lipinski definition) is 1. The number of fused-ring (bicyclic) bond motifs is 2. The number of carbonyl (C=O) groups excluding carboxylic acids is 1. The second-order valence-electron chi connectivity index (χ2n) is 5.66. The van der Waals surface area contributed by atoms with Crippen molar-refractivity contribution in [1.29, 1.82) is 0 Å². The Hall–Kier alpha value is -2.69. The Balaban J connectivity index is 1.81. The molecule has 0 saturated heterocycles. The average molecular weight is 311 g/mol. The quantitative estimate of drug-likeness (QED) is 0.926. The lowest BCUT2D eigenvalue weighted by Crippen LogP contribution is -2.24.